The van der Waals surface area contributed by atoms with Crippen LogP contribution < -0.4 is 5.32 Å². The predicted molar refractivity (Wildman–Crippen MR) is 69.5 cm³/mol. The Morgan fingerprint density at radius 1 is 1.05 bits per heavy atom. The first kappa shape index (κ1) is 17.3. The number of amides is 1. The lowest BCUT2D eigenvalue weighted by Gasteiger charge is -2.21. The third-order valence-electron chi connectivity index (χ3n) is 1.76. The zero-order chi connectivity index (χ0) is 15.2. The molecule has 0 aliphatic rings. The molecule has 0 saturated carbocycles. The fraction of sp³-hybridized carbons (Fsp3) is 0.636. The third kappa shape index (κ3) is 6.14. The minimum absolute atomic E-state index is 0.340. The normalized spacial score (nSPS) is 10.6. The van der Waals surface area contributed by atoms with Crippen molar-refractivity contribution in [2.75, 3.05) is 14.2 Å². The molecule has 0 atom stereocenters. The lowest BCUT2D eigenvalue weighted by Crippen LogP contribution is -2.44. The number of carbonyl (C=O) groups excluding carboxylic acids is 3. The molecule has 0 radical (unpaired) electrons. The van der Waals surface area contributed by atoms with Crippen LogP contribution in [0.5, 0.6) is 0 Å². The number of hydrogen-bond donors (Lipinski definition) is 1. The molecule has 19 heavy (non-hydrogen) atoms. The molecule has 0 aromatic rings. The van der Waals surface area contributed by atoms with Crippen LogP contribution in [0.1, 0.15) is 20.8 Å². The first-order valence-corrected chi connectivity index (χ1v) is 5.72. The lowest BCUT2D eigenvalue weighted by molar-refractivity contribution is -0.155. The number of alkyl carbamates (subject to hydrolysis) is 1. The highest BCUT2D eigenvalue weighted by Gasteiger charge is 2.34. The summed E-state index contributed by atoms with van der Waals surface area (Å²) in [5.74, 6) is -3.35. The van der Waals surface area contributed by atoms with E-state index < -0.39 is 29.6 Å². The van der Waals surface area contributed by atoms with Crippen molar-refractivity contribution in [2.45, 2.75) is 26.4 Å². The Labute approximate surface area is 116 Å². The molecule has 0 aromatic carbocycles. The number of hydrogen-bond acceptors (Lipinski definition) is 7. The predicted octanol–water partition coefficient (Wildman–Crippen LogP) is 0.801. The van der Waals surface area contributed by atoms with Gasteiger partial charge in [-0.2, -0.15) is 0 Å². The SMILES string of the molecule is COC(=O)C(C(=O)OC)C(=S)NC(=O)OC(C)(C)C. The van der Waals surface area contributed by atoms with Gasteiger partial charge in [0.15, 0.2) is 0 Å². The molecular formula is C11H17NO6S. The number of rotatable bonds is 3. The Morgan fingerprint density at radius 3 is 1.79 bits per heavy atom. The molecule has 0 aliphatic heterocycles. The van der Waals surface area contributed by atoms with Crippen LogP contribution in [0, 0.1) is 5.92 Å². The molecule has 0 saturated heterocycles. The summed E-state index contributed by atoms with van der Waals surface area (Å²) in [7, 11) is 2.18. The maximum atomic E-state index is 11.5. The number of carbonyl (C=O) groups is 3. The molecule has 8 heteroatoms. The van der Waals surface area contributed by atoms with E-state index in [1.807, 2.05) is 0 Å². The summed E-state index contributed by atoms with van der Waals surface area (Å²) in [5.41, 5.74) is -0.730. The summed E-state index contributed by atoms with van der Waals surface area (Å²) >= 11 is 4.81. The fourth-order valence-electron chi connectivity index (χ4n) is 1.02. The van der Waals surface area contributed by atoms with Crippen LogP contribution in [0.25, 0.3) is 0 Å². The standard InChI is InChI=1S/C11H17NO6S/c1-11(2,3)18-10(15)12-7(19)6(8(13)16-4)9(14)17-5/h6H,1-5H3,(H,12,15,19). The van der Waals surface area contributed by atoms with Gasteiger partial charge in [-0.05, 0) is 20.8 Å². The summed E-state index contributed by atoms with van der Waals surface area (Å²) in [5, 5.41) is 2.14. The first-order chi connectivity index (χ1) is 8.62. The zero-order valence-electron chi connectivity index (χ0n) is 11.4. The van der Waals surface area contributed by atoms with E-state index in [-0.39, 0.29) is 4.99 Å². The summed E-state index contributed by atoms with van der Waals surface area (Å²) in [4.78, 5) is 34.0. The van der Waals surface area contributed by atoms with Gasteiger partial charge in [-0.3, -0.25) is 14.9 Å². The van der Waals surface area contributed by atoms with E-state index in [1.165, 1.54) is 0 Å². The lowest BCUT2D eigenvalue weighted by atomic mass is 10.1. The van der Waals surface area contributed by atoms with Gasteiger partial charge in [0.2, 0.25) is 5.92 Å². The molecule has 7 nitrogen and oxygen atoms in total. The van der Waals surface area contributed by atoms with E-state index in [0.29, 0.717) is 0 Å². The molecule has 0 unspecified atom stereocenters. The van der Waals surface area contributed by atoms with Gasteiger partial charge in [-0.25, -0.2) is 4.79 Å². The Hall–Kier alpha value is -1.70. The van der Waals surface area contributed by atoms with Gasteiger partial charge in [0.25, 0.3) is 0 Å². The van der Waals surface area contributed by atoms with Crippen LogP contribution in [0.2, 0.25) is 0 Å². The molecular weight excluding hydrogens is 274 g/mol. The van der Waals surface area contributed by atoms with Crippen LogP contribution in [0.4, 0.5) is 4.79 Å². The van der Waals surface area contributed by atoms with Crippen molar-refractivity contribution in [3.8, 4) is 0 Å². The van der Waals surface area contributed by atoms with E-state index in [2.05, 4.69) is 14.8 Å². The van der Waals surface area contributed by atoms with E-state index >= 15 is 0 Å². The molecule has 108 valence electrons. The van der Waals surface area contributed by atoms with Gasteiger partial charge in [-0.1, -0.05) is 12.2 Å². The van der Waals surface area contributed by atoms with Crippen LogP contribution in [0.3, 0.4) is 0 Å². The van der Waals surface area contributed by atoms with Gasteiger partial charge >= 0.3 is 18.0 Å². The van der Waals surface area contributed by atoms with Crippen LogP contribution in [0.15, 0.2) is 0 Å². The Morgan fingerprint density at radius 2 is 1.47 bits per heavy atom. The minimum atomic E-state index is -1.50. The van der Waals surface area contributed by atoms with Crippen molar-refractivity contribution in [3.05, 3.63) is 0 Å². The van der Waals surface area contributed by atoms with Crippen molar-refractivity contribution in [2.24, 2.45) is 5.92 Å². The minimum Gasteiger partial charge on any atom is -0.468 e. The highest BCUT2D eigenvalue weighted by molar-refractivity contribution is 7.80. The maximum Gasteiger partial charge on any atom is 0.412 e. The topological polar surface area (TPSA) is 90.9 Å². The van der Waals surface area contributed by atoms with Gasteiger partial charge in [-0.15, -0.1) is 0 Å². The number of nitrogens with one attached hydrogen (secondary N) is 1. The van der Waals surface area contributed by atoms with Crippen molar-refractivity contribution in [1.29, 1.82) is 0 Å². The molecule has 0 bridgehead atoms. The van der Waals surface area contributed by atoms with Crippen molar-refractivity contribution >= 4 is 35.2 Å². The molecule has 0 aromatic heterocycles. The molecule has 1 amide bonds. The molecule has 0 fully saturated rings. The van der Waals surface area contributed by atoms with Gasteiger partial charge in [0.1, 0.15) is 10.6 Å². The summed E-state index contributed by atoms with van der Waals surface area (Å²) in [6, 6.07) is 0. The maximum absolute atomic E-state index is 11.5. The number of thiocarbonyl (C=S) groups is 1. The zero-order valence-corrected chi connectivity index (χ0v) is 12.3. The van der Waals surface area contributed by atoms with E-state index in [4.69, 9.17) is 17.0 Å². The van der Waals surface area contributed by atoms with Crippen LogP contribution in [-0.2, 0) is 23.8 Å². The number of esters is 2. The van der Waals surface area contributed by atoms with Crippen LogP contribution in [-0.4, -0.2) is 42.8 Å². The second-order valence-corrected chi connectivity index (χ2v) is 4.91. The largest absolute Gasteiger partial charge is 0.468 e. The van der Waals surface area contributed by atoms with Gasteiger partial charge < -0.3 is 14.2 Å². The van der Waals surface area contributed by atoms with Crippen LogP contribution >= 0.6 is 12.2 Å². The van der Waals surface area contributed by atoms with E-state index in [0.717, 1.165) is 14.2 Å². The van der Waals surface area contributed by atoms with Crippen molar-refractivity contribution < 1.29 is 28.6 Å². The van der Waals surface area contributed by atoms with Crippen molar-refractivity contribution in [1.82, 2.24) is 5.32 Å². The second-order valence-electron chi connectivity index (χ2n) is 4.47. The van der Waals surface area contributed by atoms with Gasteiger partial charge in [0, 0.05) is 0 Å². The van der Waals surface area contributed by atoms with E-state index in [9.17, 15) is 14.4 Å². The molecule has 0 aliphatic carbocycles. The number of ether oxygens (including phenoxy) is 3. The Kier molecular flexibility index (Phi) is 6.40. The van der Waals surface area contributed by atoms with Crippen molar-refractivity contribution in [3.63, 3.8) is 0 Å². The monoisotopic (exact) mass is 291 g/mol. The summed E-state index contributed by atoms with van der Waals surface area (Å²) in [6.45, 7) is 4.98. The van der Waals surface area contributed by atoms with Gasteiger partial charge in [0.05, 0.1) is 14.2 Å². The average molecular weight is 291 g/mol. The molecule has 0 rings (SSSR count). The highest BCUT2D eigenvalue weighted by Crippen LogP contribution is 2.09. The average Bonchev–Trinajstić information content (AvgIpc) is 2.25. The highest BCUT2D eigenvalue weighted by atomic mass is 32.1. The quantitative estimate of drug-likeness (QED) is 0.356. The Balaban J connectivity index is 4.80. The summed E-state index contributed by atoms with van der Waals surface area (Å²) in [6.07, 6.45) is -0.865. The molecule has 1 N–H and O–H groups in total. The second kappa shape index (κ2) is 7.03. The Bertz CT molecular complexity index is 371. The fourth-order valence-corrected chi connectivity index (χ4v) is 1.30. The third-order valence-corrected chi connectivity index (χ3v) is 2.10. The van der Waals surface area contributed by atoms with E-state index in [1.54, 1.807) is 20.8 Å². The summed E-state index contributed by atoms with van der Waals surface area (Å²) < 4.78 is 13.8. The first-order valence-electron chi connectivity index (χ1n) is 5.32. The molecule has 0 spiro atoms. The number of methoxy groups -OCH3 is 2. The smallest absolute Gasteiger partial charge is 0.412 e. The molecule has 0 heterocycles.